The number of halogens is 1. The molecule has 2 N–H and O–H groups in total. The second-order valence-electron chi connectivity index (χ2n) is 8.72. The van der Waals surface area contributed by atoms with Crippen LogP contribution in [0.2, 0.25) is 4.34 Å². The number of amides is 1. The summed E-state index contributed by atoms with van der Waals surface area (Å²) < 4.78 is 0.705. The van der Waals surface area contributed by atoms with Crippen molar-refractivity contribution in [3.05, 3.63) is 38.9 Å². The van der Waals surface area contributed by atoms with Gasteiger partial charge in [-0.2, -0.15) is 0 Å². The number of nitrogens with one attached hydrogen (secondary N) is 1. The van der Waals surface area contributed by atoms with Crippen LogP contribution in [0.5, 0.6) is 0 Å². The number of aliphatic hydroxyl groups is 1. The highest BCUT2D eigenvalue weighted by Crippen LogP contribution is 2.42. The number of thiophene rings is 1. The summed E-state index contributed by atoms with van der Waals surface area (Å²) >= 11 is 7.63. The van der Waals surface area contributed by atoms with E-state index in [-0.39, 0.29) is 17.7 Å². The molecule has 0 bridgehead atoms. The van der Waals surface area contributed by atoms with Crippen LogP contribution < -0.4 is 10.2 Å². The standard InChI is InChI=1S/C22H30ClN5O2S/c1-13(2)24-11-15(17-4-5-18(23)31-17)22(30)28-8-6-27(7-9-28)21-19-14(3)10-16(29)20(19)25-12-26-21/h4-5,12-16,24,29H,6-11H2,1-3H3/t14-,15?,16+/m1/s1. The van der Waals surface area contributed by atoms with E-state index in [1.165, 1.54) is 11.3 Å². The van der Waals surface area contributed by atoms with Crippen LogP contribution in [0.3, 0.4) is 0 Å². The number of carbonyl (C=O) groups excluding carboxylic acids is 1. The highest BCUT2D eigenvalue weighted by atomic mass is 35.5. The molecule has 0 saturated carbocycles. The molecule has 3 atom stereocenters. The summed E-state index contributed by atoms with van der Waals surface area (Å²) in [6.45, 7) is 9.60. The maximum Gasteiger partial charge on any atom is 0.232 e. The van der Waals surface area contributed by atoms with E-state index in [0.717, 1.165) is 22.0 Å². The molecule has 7 nitrogen and oxygen atoms in total. The van der Waals surface area contributed by atoms with Gasteiger partial charge in [0.1, 0.15) is 12.1 Å². The van der Waals surface area contributed by atoms with Gasteiger partial charge >= 0.3 is 0 Å². The quantitative estimate of drug-likeness (QED) is 0.684. The van der Waals surface area contributed by atoms with Crippen molar-refractivity contribution in [3.63, 3.8) is 0 Å². The zero-order valence-corrected chi connectivity index (χ0v) is 19.8. The van der Waals surface area contributed by atoms with Gasteiger partial charge in [0.05, 0.1) is 22.1 Å². The van der Waals surface area contributed by atoms with Crippen LogP contribution in [0.4, 0.5) is 5.82 Å². The first-order valence-corrected chi connectivity index (χ1v) is 12.1. The Hall–Kier alpha value is -1.74. The maximum atomic E-state index is 13.4. The number of aliphatic hydroxyl groups excluding tert-OH is 1. The topological polar surface area (TPSA) is 81.6 Å². The number of nitrogens with zero attached hydrogens (tertiary/aromatic N) is 4. The maximum absolute atomic E-state index is 13.4. The lowest BCUT2D eigenvalue weighted by molar-refractivity contribution is -0.133. The summed E-state index contributed by atoms with van der Waals surface area (Å²) in [5.41, 5.74) is 1.81. The smallest absolute Gasteiger partial charge is 0.232 e. The predicted molar refractivity (Wildman–Crippen MR) is 124 cm³/mol. The van der Waals surface area contributed by atoms with Crippen molar-refractivity contribution >= 4 is 34.7 Å². The van der Waals surface area contributed by atoms with Gasteiger partial charge in [-0.25, -0.2) is 9.97 Å². The second kappa shape index (κ2) is 9.40. The number of rotatable bonds is 6. The molecule has 9 heteroatoms. The lowest BCUT2D eigenvalue weighted by Crippen LogP contribution is -2.51. The zero-order valence-electron chi connectivity index (χ0n) is 18.2. The lowest BCUT2D eigenvalue weighted by Gasteiger charge is -2.38. The van der Waals surface area contributed by atoms with Crippen molar-refractivity contribution in [2.75, 3.05) is 37.6 Å². The molecule has 1 fully saturated rings. The number of aromatic nitrogens is 2. The molecule has 0 spiro atoms. The van der Waals surface area contributed by atoms with Gasteiger partial charge in [0.2, 0.25) is 5.91 Å². The van der Waals surface area contributed by atoms with E-state index in [1.54, 1.807) is 6.33 Å². The van der Waals surface area contributed by atoms with Crippen molar-refractivity contribution in [1.29, 1.82) is 0 Å². The molecule has 0 radical (unpaired) electrons. The average Bonchev–Trinajstić information content (AvgIpc) is 3.31. The Bertz CT molecular complexity index is 928. The Morgan fingerprint density at radius 3 is 2.68 bits per heavy atom. The SMILES string of the molecule is CC(C)NCC(C(=O)N1CCN(c2ncnc3c2[C@H](C)C[C@@H]3O)CC1)c1ccc(Cl)s1. The first-order chi connectivity index (χ1) is 14.8. The molecule has 4 rings (SSSR count). The summed E-state index contributed by atoms with van der Waals surface area (Å²) in [7, 11) is 0. The number of piperazine rings is 1. The molecular weight excluding hydrogens is 434 g/mol. The first kappa shape index (κ1) is 22.5. The van der Waals surface area contributed by atoms with E-state index in [1.807, 2.05) is 17.0 Å². The third-order valence-electron chi connectivity index (χ3n) is 6.14. The number of hydrogen-bond donors (Lipinski definition) is 2. The zero-order chi connectivity index (χ0) is 22.1. The molecule has 1 aliphatic carbocycles. The first-order valence-electron chi connectivity index (χ1n) is 10.9. The largest absolute Gasteiger partial charge is 0.387 e. The van der Waals surface area contributed by atoms with Crippen molar-refractivity contribution < 1.29 is 9.90 Å². The predicted octanol–water partition coefficient (Wildman–Crippen LogP) is 3.16. The van der Waals surface area contributed by atoms with Gasteiger partial charge < -0.3 is 20.2 Å². The molecule has 1 saturated heterocycles. The molecular formula is C22H30ClN5O2S. The molecule has 31 heavy (non-hydrogen) atoms. The van der Waals surface area contributed by atoms with E-state index >= 15 is 0 Å². The average molecular weight is 464 g/mol. The van der Waals surface area contributed by atoms with E-state index in [2.05, 4.69) is 41.0 Å². The van der Waals surface area contributed by atoms with Crippen molar-refractivity contribution in [3.8, 4) is 0 Å². The minimum absolute atomic E-state index is 0.142. The number of anilines is 1. The fourth-order valence-electron chi connectivity index (χ4n) is 4.49. The third-order valence-corrected chi connectivity index (χ3v) is 7.48. The number of hydrogen-bond acceptors (Lipinski definition) is 7. The number of carbonyl (C=O) groups is 1. The van der Waals surface area contributed by atoms with Crippen LogP contribution >= 0.6 is 22.9 Å². The Balaban J connectivity index is 1.46. The molecule has 2 aromatic heterocycles. The van der Waals surface area contributed by atoms with Gasteiger partial charge in [0.25, 0.3) is 0 Å². The van der Waals surface area contributed by atoms with E-state index < -0.39 is 6.10 Å². The molecule has 2 aliphatic rings. The second-order valence-corrected chi connectivity index (χ2v) is 10.5. The Labute approximate surface area is 192 Å². The molecule has 1 amide bonds. The fourth-order valence-corrected chi connectivity index (χ4v) is 5.65. The van der Waals surface area contributed by atoms with Crippen LogP contribution in [-0.2, 0) is 4.79 Å². The Kier molecular flexibility index (Phi) is 6.81. The minimum Gasteiger partial charge on any atom is -0.387 e. The van der Waals surface area contributed by atoms with Gasteiger partial charge in [0.15, 0.2) is 0 Å². The van der Waals surface area contributed by atoms with Gasteiger partial charge in [-0.05, 0) is 24.5 Å². The molecule has 2 aromatic rings. The highest BCUT2D eigenvalue weighted by molar-refractivity contribution is 7.16. The van der Waals surface area contributed by atoms with Gasteiger partial charge in [-0.15, -0.1) is 11.3 Å². The summed E-state index contributed by atoms with van der Waals surface area (Å²) in [5, 5.41) is 13.7. The van der Waals surface area contributed by atoms with Crippen molar-refractivity contribution in [2.24, 2.45) is 0 Å². The Morgan fingerprint density at radius 1 is 1.29 bits per heavy atom. The molecule has 1 aliphatic heterocycles. The van der Waals surface area contributed by atoms with Gasteiger partial charge in [-0.1, -0.05) is 32.4 Å². The van der Waals surface area contributed by atoms with Crippen LogP contribution in [0.1, 0.15) is 61.3 Å². The van der Waals surface area contributed by atoms with Gasteiger partial charge in [0, 0.05) is 49.2 Å². The summed E-state index contributed by atoms with van der Waals surface area (Å²) in [6.07, 6.45) is 1.72. The monoisotopic (exact) mass is 463 g/mol. The summed E-state index contributed by atoms with van der Waals surface area (Å²) in [6, 6.07) is 4.13. The van der Waals surface area contributed by atoms with Crippen LogP contribution in [0, 0.1) is 0 Å². The molecule has 0 aromatic carbocycles. The lowest BCUT2D eigenvalue weighted by atomic mass is 10.0. The normalized spacial score (nSPS) is 22.1. The molecule has 1 unspecified atom stereocenters. The van der Waals surface area contributed by atoms with Crippen LogP contribution in [0.15, 0.2) is 18.5 Å². The molecule has 168 valence electrons. The highest BCUT2D eigenvalue weighted by Gasteiger charge is 2.35. The van der Waals surface area contributed by atoms with E-state index in [9.17, 15) is 9.90 Å². The van der Waals surface area contributed by atoms with E-state index in [4.69, 9.17) is 11.6 Å². The summed E-state index contributed by atoms with van der Waals surface area (Å²) in [5.74, 6) is 1.05. The number of fused-ring (bicyclic) bond motifs is 1. The summed E-state index contributed by atoms with van der Waals surface area (Å²) in [4.78, 5) is 27.5. The third kappa shape index (κ3) is 4.72. The van der Waals surface area contributed by atoms with E-state index in [0.29, 0.717) is 49.5 Å². The van der Waals surface area contributed by atoms with Crippen LogP contribution in [0.25, 0.3) is 0 Å². The van der Waals surface area contributed by atoms with Crippen LogP contribution in [-0.4, -0.2) is 64.6 Å². The van der Waals surface area contributed by atoms with Crippen molar-refractivity contribution in [1.82, 2.24) is 20.2 Å². The minimum atomic E-state index is -0.513. The Morgan fingerprint density at radius 2 is 2.03 bits per heavy atom. The molecule has 3 heterocycles. The fraction of sp³-hybridized carbons (Fsp3) is 0.591. The van der Waals surface area contributed by atoms with Gasteiger partial charge in [-0.3, -0.25) is 4.79 Å². The van der Waals surface area contributed by atoms with Crippen molar-refractivity contribution in [2.45, 2.75) is 51.2 Å².